The number of unbranched alkanes of at least 4 members (excludes halogenated alkanes) is 2. The van der Waals surface area contributed by atoms with Crippen LogP contribution < -0.4 is 10.2 Å². The van der Waals surface area contributed by atoms with Crippen LogP contribution in [0.3, 0.4) is 0 Å². The molecule has 0 aliphatic rings. The van der Waals surface area contributed by atoms with E-state index in [1.54, 1.807) is 12.4 Å². The molecule has 1 rings (SSSR count). The van der Waals surface area contributed by atoms with Gasteiger partial charge in [0.25, 0.3) is 5.91 Å². The zero-order valence-corrected chi connectivity index (χ0v) is 12.3. The number of pyridine rings is 1. The molecular weight excluding hydrogens is 238 g/mol. The Morgan fingerprint density at radius 1 is 1.21 bits per heavy atom. The first-order chi connectivity index (χ1) is 9.22. The van der Waals surface area contributed by atoms with E-state index >= 15 is 0 Å². The number of carbonyl (C=O) groups excluding carboxylic acids is 1. The fraction of sp³-hybridized carbons (Fsp3) is 0.600. The van der Waals surface area contributed by atoms with Crippen LogP contribution in [-0.2, 0) is 0 Å². The third kappa shape index (κ3) is 4.89. The van der Waals surface area contributed by atoms with Crippen molar-refractivity contribution in [3.05, 3.63) is 24.0 Å². The Hall–Kier alpha value is -1.58. The average molecular weight is 263 g/mol. The van der Waals surface area contributed by atoms with Gasteiger partial charge in [0.15, 0.2) is 0 Å². The van der Waals surface area contributed by atoms with Gasteiger partial charge in [0.1, 0.15) is 0 Å². The van der Waals surface area contributed by atoms with E-state index in [-0.39, 0.29) is 5.91 Å². The van der Waals surface area contributed by atoms with E-state index in [2.05, 4.69) is 36.0 Å². The molecule has 0 atom stereocenters. The van der Waals surface area contributed by atoms with Crippen molar-refractivity contribution >= 4 is 11.6 Å². The first-order valence-electron chi connectivity index (χ1n) is 7.21. The third-order valence-electron chi connectivity index (χ3n) is 3.18. The summed E-state index contributed by atoms with van der Waals surface area (Å²) in [5.41, 5.74) is 1.65. The molecule has 106 valence electrons. The number of anilines is 1. The van der Waals surface area contributed by atoms with Crippen molar-refractivity contribution in [2.45, 2.75) is 40.0 Å². The summed E-state index contributed by atoms with van der Waals surface area (Å²) in [6.07, 6.45) is 6.78. The van der Waals surface area contributed by atoms with Gasteiger partial charge in [-0.15, -0.1) is 0 Å². The molecule has 0 aliphatic heterocycles. The fourth-order valence-electron chi connectivity index (χ4n) is 1.99. The average Bonchev–Trinajstić information content (AvgIpc) is 2.45. The molecule has 1 aromatic heterocycles. The van der Waals surface area contributed by atoms with E-state index in [9.17, 15) is 4.79 Å². The summed E-state index contributed by atoms with van der Waals surface area (Å²) in [5.74, 6) is -0.0300. The van der Waals surface area contributed by atoms with Crippen molar-refractivity contribution in [1.82, 2.24) is 10.3 Å². The summed E-state index contributed by atoms with van der Waals surface area (Å²) >= 11 is 0. The van der Waals surface area contributed by atoms with Gasteiger partial charge in [-0.25, -0.2) is 0 Å². The van der Waals surface area contributed by atoms with Gasteiger partial charge in [0.2, 0.25) is 0 Å². The lowest BCUT2D eigenvalue weighted by atomic mass is 10.2. The molecule has 0 fully saturated rings. The summed E-state index contributed by atoms with van der Waals surface area (Å²) in [4.78, 5) is 18.3. The van der Waals surface area contributed by atoms with Crippen molar-refractivity contribution < 1.29 is 4.79 Å². The summed E-state index contributed by atoms with van der Waals surface area (Å²) in [6.45, 7) is 8.92. The van der Waals surface area contributed by atoms with E-state index in [1.165, 1.54) is 0 Å². The van der Waals surface area contributed by atoms with Gasteiger partial charge in [-0.1, -0.05) is 19.8 Å². The number of rotatable bonds is 8. The molecule has 0 bridgehead atoms. The molecule has 0 unspecified atom stereocenters. The lowest BCUT2D eigenvalue weighted by Gasteiger charge is -2.20. The second-order valence-electron chi connectivity index (χ2n) is 4.57. The molecule has 4 heteroatoms. The molecule has 0 spiro atoms. The highest BCUT2D eigenvalue weighted by molar-refractivity contribution is 5.94. The Morgan fingerprint density at radius 2 is 1.95 bits per heavy atom. The molecule has 4 nitrogen and oxygen atoms in total. The summed E-state index contributed by atoms with van der Waals surface area (Å²) in [7, 11) is 0. The van der Waals surface area contributed by atoms with Gasteiger partial charge < -0.3 is 10.2 Å². The van der Waals surface area contributed by atoms with Crippen LogP contribution in [-0.4, -0.2) is 30.5 Å². The van der Waals surface area contributed by atoms with Gasteiger partial charge in [0.05, 0.1) is 17.4 Å². The van der Waals surface area contributed by atoms with E-state index < -0.39 is 0 Å². The number of amides is 1. The number of nitrogens with one attached hydrogen (secondary N) is 1. The highest BCUT2D eigenvalue weighted by Gasteiger charge is 2.08. The van der Waals surface area contributed by atoms with Crippen LogP contribution in [0, 0.1) is 0 Å². The lowest BCUT2D eigenvalue weighted by Crippen LogP contribution is -2.26. The van der Waals surface area contributed by atoms with E-state index in [4.69, 9.17) is 0 Å². The van der Waals surface area contributed by atoms with Gasteiger partial charge >= 0.3 is 0 Å². The standard InChI is InChI=1S/C15H25N3O/c1-4-7-8-9-17-15(19)13-10-14(12-16-11-13)18(5-2)6-3/h10-12H,4-9H2,1-3H3,(H,17,19). The number of hydrogen-bond donors (Lipinski definition) is 1. The van der Waals surface area contributed by atoms with Crippen LogP contribution in [0.4, 0.5) is 5.69 Å². The van der Waals surface area contributed by atoms with Crippen LogP contribution >= 0.6 is 0 Å². The maximum atomic E-state index is 12.0. The first kappa shape index (κ1) is 15.5. The van der Waals surface area contributed by atoms with Crippen molar-refractivity contribution in [2.75, 3.05) is 24.5 Å². The maximum absolute atomic E-state index is 12.0. The van der Waals surface area contributed by atoms with E-state index in [0.717, 1.165) is 44.6 Å². The Labute approximate surface area is 116 Å². The number of nitrogens with zero attached hydrogens (tertiary/aromatic N) is 2. The first-order valence-corrected chi connectivity index (χ1v) is 7.21. The Bertz CT molecular complexity index is 389. The monoisotopic (exact) mass is 263 g/mol. The molecule has 0 aliphatic carbocycles. The van der Waals surface area contributed by atoms with Crippen LogP contribution in [0.1, 0.15) is 50.4 Å². The molecule has 19 heavy (non-hydrogen) atoms. The normalized spacial score (nSPS) is 10.3. The van der Waals surface area contributed by atoms with Gasteiger partial charge in [-0.05, 0) is 26.3 Å². The van der Waals surface area contributed by atoms with Crippen molar-refractivity contribution in [1.29, 1.82) is 0 Å². The van der Waals surface area contributed by atoms with Gasteiger partial charge in [-0.3, -0.25) is 9.78 Å². The fourth-order valence-corrected chi connectivity index (χ4v) is 1.99. The largest absolute Gasteiger partial charge is 0.371 e. The predicted molar refractivity (Wildman–Crippen MR) is 79.7 cm³/mol. The Balaban J connectivity index is 2.62. The molecule has 1 amide bonds. The number of aromatic nitrogens is 1. The third-order valence-corrected chi connectivity index (χ3v) is 3.18. The molecule has 0 radical (unpaired) electrons. The van der Waals surface area contributed by atoms with Crippen LogP contribution in [0.15, 0.2) is 18.5 Å². The lowest BCUT2D eigenvalue weighted by molar-refractivity contribution is 0.0952. The summed E-state index contributed by atoms with van der Waals surface area (Å²) < 4.78 is 0. The highest BCUT2D eigenvalue weighted by Crippen LogP contribution is 2.14. The van der Waals surface area contributed by atoms with Gasteiger partial charge in [0, 0.05) is 25.8 Å². The summed E-state index contributed by atoms with van der Waals surface area (Å²) in [6, 6.07) is 1.91. The minimum absolute atomic E-state index is 0.0300. The molecule has 1 aromatic rings. The molecule has 0 saturated carbocycles. The molecular formula is C15H25N3O. The van der Waals surface area contributed by atoms with Crippen molar-refractivity contribution in [3.8, 4) is 0 Å². The molecule has 1 N–H and O–H groups in total. The smallest absolute Gasteiger partial charge is 0.252 e. The topological polar surface area (TPSA) is 45.2 Å². The van der Waals surface area contributed by atoms with Crippen LogP contribution in [0.5, 0.6) is 0 Å². The summed E-state index contributed by atoms with van der Waals surface area (Å²) in [5, 5.41) is 2.94. The number of hydrogen-bond acceptors (Lipinski definition) is 3. The van der Waals surface area contributed by atoms with Crippen LogP contribution in [0.2, 0.25) is 0 Å². The second-order valence-corrected chi connectivity index (χ2v) is 4.57. The maximum Gasteiger partial charge on any atom is 0.252 e. The van der Waals surface area contributed by atoms with Crippen LogP contribution in [0.25, 0.3) is 0 Å². The second kappa shape index (κ2) is 8.51. The van der Waals surface area contributed by atoms with Gasteiger partial charge in [-0.2, -0.15) is 0 Å². The number of carbonyl (C=O) groups is 1. The van der Waals surface area contributed by atoms with Crippen molar-refractivity contribution in [3.63, 3.8) is 0 Å². The zero-order valence-electron chi connectivity index (χ0n) is 12.3. The molecule has 0 saturated heterocycles. The molecule has 1 heterocycles. The highest BCUT2D eigenvalue weighted by atomic mass is 16.1. The SMILES string of the molecule is CCCCCNC(=O)c1cncc(N(CC)CC)c1. The van der Waals surface area contributed by atoms with E-state index in [1.807, 2.05) is 6.07 Å². The Kier molecular flexibility index (Phi) is 6.93. The molecule has 0 aromatic carbocycles. The minimum atomic E-state index is -0.0300. The predicted octanol–water partition coefficient (Wildman–Crippen LogP) is 2.85. The van der Waals surface area contributed by atoms with E-state index in [0.29, 0.717) is 5.56 Å². The Morgan fingerprint density at radius 3 is 2.58 bits per heavy atom. The zero-order chi connectivity index (χ0) is 14.1. The minimum Gasteiger partial charge on any atom is -0.371 e. The van der Waals surface area contributed by atoms with Crippen molar-refractivity contribution in [2.24, 2.45) is 0 Å². The quantitative estimate of drug-likeness (QED) is 0.734.